The number of hydrogen-bond donors (Lipinski definition) is 5. The smallest absolute Gasteiger partial charge is 0.227 e. The van der Waals surface area contributed by atoms with E-state index in [1.165, 1.54) is 18.9 Å². The zero-order valence-corrected chi connectivity index (χ0v) is 14.8. The van der Waals surface area contributed by atoms with Gasteiger partial charge in [-0.25, -0.2) is 4.98 Å². The summed E-state index contributed by atoms with van der Waals surface area (Å²) in [6.45, 7) is 1.55. The molecule has 0 aliphatic carbocycles. The zero-order valence-electron chi connectivity index (χ0n) is 14.8. The van der Waals surface area contributed by atoms with E-state index in [9.17, 15) is 5.11 Å². The lowest BCUT2D eigenvalue weighted by molar-refractivity contribution is 0.276. The molecule has 6 N–H and O–H groups in total. The molecule has 0 aromatic carbocycles. The zero-order chi connectivity index (χ0) is 18.0. The van der Waals surface area contributed by atoms with Crippen molar-refractivity contribution in [2.75, 3.05) is 17.3 Å². The average molecular weight is 345 g/mol. The molecule has 136 valence electrons. The lowest BCUT2D eigenvalue weighted by Crippen LogP contribution is -2.47. The van der Waals surface area contributed by atoms with E-state index in [0.717, 1.165) is 12.8 Å². The highest BCUT2D eigenvalue weighted by Gasteiger charge is 2.35. The van der Waals surface area contributed by atoms with Crippen LogP contribution in [0.1, 0.15) is 38.3 Å². The monoisotopic (exact) mass is 345 g/mol. The van der Waals surface area contributed by atoms with Crippen molar-refractivity contribution in [3.8, 4) is 0 Å². The Balaban J connectivity index is 1.79. The van der Waals surface area contributed by atoms with Crippen LogP contribution in [0, 0.1) is 5.41 Å². The second-order valence-corrected chi connectivity index (χ2v) is 7.00. The van der Waals surface area contributed by atoms with Crippen LogP contribution >= 0.6 is 0 Å². The number of rotatable bonds is 5. The fraction of sp³-hybridized carbons (Fsp3) is 0.588. The van der Waals surface area contributed by atoms with Gasteiger partial charge in [0.15, 0.2) is 0 Å². The number of piperidine rings is 1. The van der Waals surface area contributed by atoms with Crippen molar-refractivity contribution in [1.29, 1.82) is 5.41 Å². The molecule has 3 rings (SSSR count). The molecule has 2 saturated heterocycles. The van der Waals surface area contributed by atoms with E-state index in [1.807, 2.05) is 7.05 Å². The van der Waals surface area contributed by atoms with Crippen LogP contribution in [0.25, 0.3) is 0 Å². The first-order valence-electron chi connectivity index (χ1n) is 8.71. The number of aliphatic hydroxyl groups excluding tert-OH is 1. The maximum absolute atomic E-state index is 9.52. The number of fused-ring (bicyclic) bond motifs is 2. The van der Waals surface area contributed by atoms with Crippen LogP contribution in [-0.2, 0) is 6.61 Å². The summed E-state index contributed by atoms with van der Waals surface area (Å²) in [6.07, 6.45) is 6.15. The highest BCUT2D eigenvalue weighted by Crippen LogP contribution is 2.30. The summed E-state index contributed by atoms with van der Waals surface area (Å²) in [4.78, 5) is 11.1. The first-order valence-corrected chi connectivity index (χ1v) is 8.71. The van der Waals surface area contributed by atoms with Gasteiger partial charge in [0.1, 0.15) is 11.7 Å². The molecule has 1 aromatic heterocycles. The molecule has 0 spiro atoms. The summed E-state index contributed by atoms with van der Waals surface area (Å²) in [5.41, 5.74) is 6.67. The van der Waals surface area contributed by atoms with Crippen molar-refractivity contribution < 1.29 is 5.11 Å². The Labute approximate surface area is 148 Å². The van der Waals surface area contributed by atoms with Gasteiger partial charge in [0, 0.05) is 36.9 Å². The third kappa shape index (κ3) is 4.26. The molecule has 2 aliphatic heterocycles. The first-order chi connectivity index (χ1) is 11.9. The van der Waals surface area contributed by atoms with Crippen LogP contribution in [0.15, 0.2) is 17.8 Å². The van der Waals surface area contributed by atoms with Crippen molar-refractivity contribution >= 4 is 17.6 Å². The van der Waals surface area contributed by atoms with Crippen LogP contribution in [-0.4, -0.2) is 46.1 Å². The van der Waals surface area contributed by atoms with Gasteiger partial charge in [0.25, 0.3) is 0 Å². The molecule has 2 bridgehead atoms. The van der Waals surface area contributed by atoms with Gasteiger partial charge in [-0.05, 0) is 38.7 Å². The number of amidine groups is 1. The quantitative estimate of drug-likeness (QED) is 0.397. The number of aliphatic hydroxyl groups is 1. The first kappa shape index (κ1) is 17.6. The van der Waals surface area contributed by atoms with E-state index in [4.69, 9.17) is 11.1 Å². The van der Waals surface area contributed by atoms with Crippen LogP contribution in [0.3, 0.4) is 0 Å². The maximum Gasteiger partial charge on any atom is 0.227 e. The van der Waals surface area contributed by atoms with Gasteiger partial charge < -0.3 is 26.4 Å². The third-order valence-corrected chi connectivity index (χ3v) is 4.88. The Hall–Kier alpha value is -2.19. The molecule has 3 heterocycles. The molecule has 2 aliphatic rings. The van der Waals surface area contributed by atoms with E-state index in [0.29, 0.717) is 41.3 Å². The van der Waals surface area contributed by atoms with Gasteiger partial charge in [-0.1, -0.05) is 0 Å². The molecule has 0 saturated carbocycles. The lowest BCUT2D eigenvalue weighted by Gasteiger charge is -2.35. The van der Waals surface area contributed by atoms with Gasteiger partial charge >= 0.3 is 0 Å². The van der Waals surface area contributed by atoms with Crippen molar-refractivity contribution in [3.63, 3.8) is 0 Å². The van der Waals surface area contributed by atoms with Crippen LogP contribution < -0.4 is 21.3 Å². The molecule has 8 nitrogen and oxygen atoms in total. The summed E-state index contributed by atoms with van der Waals surface area (Å²) in [7, 11) is 2.00. The number of allylic oxidation sites excluding steroid dienone is 1. The molecule has 1 aromatic rings. The summed E-state index contributed by atoms with van der Waals surface area (Å²) < 4.78 is 0. The maximum atomic E-state index is 9.52. The van der Waals surface area contributed by atoms with E-state index >= 15 is 0 Å². The molecule has 0 radical (unpaired) electrons. The molecular formula is C17H27N7O. The normalized spacial score (nSPS) is 25.7. The Morgan fingerprint density at radius 1 is 1.44 bits per heavy atom. The van der Waals surface area contributed by atoms with Gasteiger partial charge in [-0.2, -0.15) is 4.98 Å². The Bertz CT molecular complexity index is 659. The molecule has 25 heavy (non-hydrogen) atoms. The summed E-state index contributed by atoms with van der Waals surface area (Å²) in [5.74, 6) is 1.21. The lowest BCUT2D eigenvalue weighted by atomic mass is 9.99. The number of hydrogen-bond acceptors (Lipinski definition) is 7. The molecule has 0 unspecified atom stereocenters. The number of nitrogens with one attached hydrogen (secondary N) is 3. The molecule has 8 heteroatoms. The second-order valence-electron chi connectivity index (χ2n) is 7.00. The van der Waals surface area contributed by atoms with Gasteiger partial charge in [-0.15, -0.1) is 0 Å². The van der Waals surface area contributed by atoms with Crippen LogP contribution in [0.4, 0.5) is 11.8 Å². The predicted molar refractivity (Wildman–Crippen MR) is 98.6 cm³/mol. The average Bonchev–Trinajstić information content (AvgIpc) is 2.90. The van der Waals surface area contributed by atoms with Gasteiger partial charge in [0.2, 0.25) is 5.95 Å². The van der Waals surface area contributed by atoms with E-state index in [1.54, 1.807) is 13.0 Å². The largest absolute Gasteiger partial charge is 0.402 e. The molecular weight excluding hydrogens is 318 g/mol. The van der Waals surface area contributed by atoms with Crippen molar-refractivity contribution in [3.05, 3.63) is 23.5 Å². The summed E-state index contributed by atoms with van der Waals surface area (Å²) in [6, 6.07) is 3.19. The Kier molecular flexibility index (Phi) is 5.19. The summed E-state index contributed by atoms with van der Waals surface area (Å²) >= 11 is 0. The number of aromatic nitrogens is 2. The Morgan fingerprint density at radius 2 is 2.12 bits per heavy atom. The standard InChI is InChI=1S/C17H27N7O/c1-10(18)5-15(19)22-16-8-13(9-25)21-17(23-16)24(2)14-6-11-3-4-12(7-14)20-11/h5,8,11-12,14,20,25H,3-4,6-7,9,18H2,1-2H3,(H2,19,21,22,23)/b10-5-/t11-,12+,14-. The molecule has 2 fully saturated rings. The Morgan fingerprint density at radius 3 is 2.72 bits per heavy atom. The van der Waals surface area contributed by atoms with Crippen molar-refractivity contribution in [2.45, 2.75) is 57.3 Å². The number of nitrogens with zero attached hydrogens (tertiary/aromatic N) is 3. The second kappa shape index (κ2) is 7.37. The number of nitrogens with two attached hydrogens (primary N) is 1. The van der Waals surface area contributed by atoms with E-state index in [2.05, 4.69) is 25.5 Å². The topological polar surface area (TPSA) is 123 Å². The van der Waals surface area contributed by atoms with E-state index in [-0.39, 0.29) is 12.4 Å². The minimum atomic E-state index is -0.172. The van der Waals surface area contributed by atoms with Gasteiger partial charge in [0.05, 0.1) is 12.3 Å². The van der Waals surface area contributed by atoms with E-state index < -0.39 is 0 Å². The predicted octanol–water partition coefficient (Wildman–Crippen LogP) is 0.940. The third-order valence-electron chi connectivity index (χ3n) is 4.88. The van der Waals surface area contributed by atoms with Crippen LogP contribution in [0.2, 0.25) is 0 Å². The van der Waals surface area contributed by atoms with Crippen molar-refractivity contribution in [1.82, 2.24) is 15.3 Å². The van der Waals surface area contributed by atoms with Crippen molar-refractivity contribution in [2.24, 2.45) is 5.73 Å². The number of anilines is 2. The highest BCUT2D eigenvalue weighted by molar-refractivity contribution is 6.01. The fourth-order valence-electron chi connectivity index (χ4n) is 3.69. The van der Waals surface area contributed by atoms with Gasteiger partial charge in [-0.3, -0.25) is 5.41 Å². The fourth-order valence-corrected chi connectivity index (χ4v) is 3.69. The molecule has 3 atom stereocenters. The van der Waals surface area contributed by atoms with Crippen LogP contribution in [0.5, 0.6) is 0 Å². The minimum Gasteiger partial charge on any atom is -0.402 e. The highest BCUT2D eigenvalue weighted by atomic mass is 16.3. The minimum absolute atomic E-state index is 0.149. The SMILES string of the molecule is C/C(N)=C/C(=N)Nc1cc(CO)nc(N(C)[C@@H]2C[C@H]3CC[C@@H](C2)N3)n1. The molecule has 0 amide bonds. The summed E-state index contributed by atoms with van der Waals surface area (Å²) in [5, 5.41) is 24.0.